The Morgan fingerprint density at radius 3 is 0.333 bits per heavy atom. The molecule has 0 fully saturated rings. The van der Waals surface area contributed by atoms with Gasteiger partial charge in [-0.15, -0.1) is 0 Å². The summed E-state index contributed by atoms with van der Waals surface area (Å²) in [5.74, 6) is 0. The van der Waals surface area contributed by atoms with Crippen molar-refractivity contribution in [3.05, 3.63) is 0 Å². The molecule has 0 saturated heterocycles. The maximum atomic E-state index is 0. The van der Waals surface area contributed by atoms with Gasteiger partial charge in [0.05, 0.1) is 0 Å². The summed E-state index contributed by atoms with van der Waals surface area (Å²) in [5, 5.41) is 0. The second-order valence-corrected chi connectivity index (χ2v) is 0. The van der Waals surface area contributed by atoms with E-state index in [1.807, 2.05) is 0 Å². The molecule has 0 saturated carbocycles. The van der Waals surface area contributed by atoms with Gasteiger partial charge in [0.15, 0.2) is 0 Å². The summed E-state index contributed by atoms with van der Waals surface area (Å²) in [7, 11) is 0. The first-order valence-corrected chi connectivity index (χ1v) is 0. The van der Waals surface area contributed by atoms with E-state index < -0.39 is 0 Å². The average molecular weight is 400 g/mol. The molecule has 0 aliphatic carbocycles. The molecule has 0 aliphatic heterocycles. The van der Waals surface area contributed by atoms with Crippen LogP contribution < -0.4 is 86.8 Å². The average Bonchev–Trinajstić information content (AvgIpc) is 0. The van der Waals surface area contributed by atoms with Crippen molar-refractivity contribution >= 4 is 0 Å². The van der Waals surface area contributed by atoms with Crippen LogP contribution in [0.4, 0.5) is 0 Å². The molecule has 0 heterocycles. The molecule has 0 amide bonds. The van der Waals surface area contributed by atoms with Crippen LogP contribution in [0.15, 0.2) is 0 Å². The fourth-order valence-electron chi connectivity index (χ4n) is 0. The van der Waals surface area contributed by atoms with Crippen molar-refractivity contribution in [2.45, 2.75) is 0 Å². The number of rotatable bonds is 0. The van der Waals surface area contributed by atoms with Crippen LogP contribution in [-0.4, -0.2) is 0 Å². The van der Waals surface area contributed by atoms with Crippen molar-refractivity contribution in [1.29, 1.82) is 0 Å². The monoisotopic (exact) mass is 399 g/mol. The van der Waals surface area contributed by atoms with E-state index >= 15 is 0 Å². The van der Waals surface area contributed by atoms with E-state index in [4.69, 9.17) is 0 Å². The van der Waals surface area contributed by atoms with Gasteiger partial charge in [0.25, 0.3) is 0 Å². The zero-order valence-electron chi connectivity index (χ0n) is 3.41. The van der Waals surface area contributed by atoms with E-state index in [9.17, 15) is 0 Å². The second kappa shape index (κ2) is 112. The van der Waals surface area contributed by atoms with Crippen LogP contribution in [0.3, 0.4) is 0 Å². The largest absolute Gasteiger partial charge is 4.00 e. The number of hydrogen-bond acceptors (Lipinski definition) is 0. The van der Waals surface area contributed by atoms with Crippen LogP contribution in [0.5, 0.6) is 0 Å². The first-order valence-electron chi connectivity index (χ1n) is 0. The van der Waals surface area contributed by atoms with Gasteiger partial charge < -0.3 is 86.8 Å². The summed E-state index contributed by atoms with van der Waals surface area (Å²) < 4.78 is 0. The van der Waals surface area contributed by atoms with Crippen molar-refractivity contribution in [2.24, 2.45) is 0 Å². The Hall–Kier alpha value is 3.24. The maximum Gasteiger partial charge on any atom is 4.00 e. The molecule has 0 nitrogen and oxygen atoms in total. The predicted octanol–water partition coefficient (Wildman–Crippen LogP) is -21.0. The van der Waals surface area contributed by atoms with Crippen LogP contribution in [0.25, 0.3) is 0 Å². The Balaban J connectivity index is 0. The smallest absolute Gasteiger partial charge is 1.00 e. The van der Waals surface area contributed by atoms with Gasteiger partial charge in [0.1, 0.15) is 0 Å². The molecule has 0 unspecified atom stereocenters. The van der Waals surface area contributed by atoms with Crippen LogP contribution in [0.2, 0.25) is 0 Å². The first kappa shape index (κ1) is 147. The van der Waals surface area contributed by atoms with Crippen LogP contribution in [0.1, 0.15) is 0 Å². The molecule has 0 aromatic rings. The van der Waals surface area contributed by atoms with Crippen molar-refractivity contribution < 1.29 is 125 Å². The van der Waals surface area contributed by atoms with Gasteiger partial charge in [0.2, 0.25) is 0 Å². The van der Waals surface area contributed by atoms with Gasteiger partial charge in [-0.05, 0) is 0 Å². The van der Waals surface area contributed by atoms with E-state index in [1.165, 1.54) is 0 Å². The van der Waals surface area contributed by atoms with Crippen molar-refractivity contribution in [3.63, 3.8) is 0 Å². The van der Waals surface area contributed by atoms with E-state index in [-0.39, 0.29) is 125 Å². The molecule has 0 rings (SSSR count). The molecule has 0 bridgehead atoms. The normalized spacial score (nSPS) is 0. The van der Waals surface area contributed by atoms with Gasteiger partial charge in [-0.25, -0.2) is 0 Å². The standard InChI is InChI=1S/7ClH.Fe.Mo/h7*1H;;/q;;;;;;;+3;+4/p-7. The molecule has 1 radical (unpaired) electrons. The van der Waals surface area contributed by atoms with E-state index in [0.717, 1.165) is 0 Å². The van der Waals surface area contributed by atoms with Gasteiger partial charge >= 0.3 is 38.1 Å². The molecule has 0 spiro atoms. The van der Waals surface area contributed by atoms with Gasteiger partial charge in [-0.2, -0.15) is 0 Å². The third kappa shape index (κ3) is 91.5. The Labute approximate surface area is 123 Å². The Morgan fingerprint density at radius 1 is 0.333 bits per heavy atom. The minimum atomic E-state index is 0. The zero-order chi connectivity index (χ0) is 0. The molecule has 0 aliphatic rings. The number of hydrogen-bond donors (Lipinski definition) is 0. The molecule has 0 N–H and O–H groups in total. The molecule has 0 aromatic carbocycles. The van der Waals surface area contributed by atoms with Gasteiger partial charge in [0, 0.05) is 0 Å². The first-order chi connectivity index (χ1) is 0. The minimum absolute atomic E-state index is 0. The van der Waals surface area contributed by atoms with E-state index in [1.54, 1.807) is 0 Å². The van der Waals surface area contributed by atoms with Crippen molar-refractivity contribution in [2.75, 3.05) is 0 Å². The van der Waals surface area contributed by atoms with Crippen LogP contribution in [-0.2, 0) is 38.1 Å². The Bertz CT molecular complexity index is 8.88. The summed E-state index contributed by atoms with van der Waals surface area (Å²) in [6.45, 7) is 0. The summed E-state index contributed by atoms with van der Waals surface area (Å²) in [5.41, 5.74) is 0. The van der Waals surface area contributed by atoms with Crippen molar-refractivity contribution in [3.8, 4) is 0 Å². The maximum absolute atomic E-state index is 0. The number of halogens is 7. The predicted molar refractivity (Wildman–Crippen MR) is 0 cm³/mol. The topological polar surface area (TPSA) is 0 Å². The Morgan fingerprint density at radius 2 is 0.333 bits per heavy atom. The fourth-order valence-corrected chi connectivity index (χ4v) is 0. The van der Waals surface area contributed by atoms with Crippen LogP contribution >= 0.6 is 0 Å². The SMILES string of the molecule is [Cl-].[Cl-].[Cl-].[Cl-].[Cl-].[Cl-].[Cl-].[Fe+3].[Mo+4]. The summed E-state index contributed by atoms with van der Waals surface area (Å²) in [6.07, 6.45) is 0. The fraction of sp³-hybridized carbons (Fsp3) is 0. The van der Waals surface area contributed by atoms with Crippen LogP contribution in [0, 0.1) is 0 Å². The summed E-state index contributed by atoms with van der Waals surface area (Å²) in [4.78, 5) is 0. The third-order valence-corrected chi connectivity index (χ3v) is 0. The molecular formula is Cl7FeMo. The third-order valence-electron chi connectivity index (χ3n) is 0. The molecule has 63 valence electrons. The van der Waals surface area contributed by atoms with E-state index in [0.29, 0.717) is 0 Å². The van der Waals surface area contributed by atoms with Gasteiger partial charge in [-0.3, -0.25) is 0 Å². The molecular weight excluding hydrogens is 400 g/mol. The molecule has 0 aromatic heterocycles. The van der Waals surface area contributed by atoms with E-state index in [2.05, 4.69) is 0 Å². The molecule has 9 heteroatoms. The quantitative estimate of drug-likeness (QED) is 0.355. The second-order valence-electron chi connectivity index (χ2n) is 0. The summed E-state index contributed by atoms with van der Waals surface area (Å²) in [6, 6.07) is 0. The zero-order valence-corrected chi connectivity index (χ0v) is 11.8. The van der Waals surface area contributed by atoms with Crippen molar-refractivity contribution in [1.82, 2.24) is 0 Å². The Kier molecular flexibility index (Phi) is 1840. The molecule has 9 heavy (non-hydrogen) atoms. The minimum Gasteiger partial charge on any atom is -1.00 e. The summed E-state index contributed by atoms with van der Waals surface area (Å²) >= 11 is 0. The van der Waals surface area contributed by atoms with Gasteiger partial charge in [-0.1, -0.05) is 0 Å². The molecule has 0 atom stereocenters.